The fourth-order valence-corrected chi connectivity index (χ4v) is 3.53. The fourth-order valence-electron chi connectivity index (χ4n) is 2.48. The summed E-state index contributed by atoms with van der Waals surface area (Å²) in [4.78, 5) is 12.4. The number of carbonyl (C=O) groups is 1. The maximum Gasteiger partial charge on any atom is 0.265 e. The van der Waals surface area contributed by atoms with Gasteiger partial charge in [0.1, 0.15) is 17.2 Å². The first-order valence-corrected chi connectivity index (χ1v) is 9.16. The van der Waals surface area contributed by atoms with Crippen LogP contribution in [0.15, 0.2) is 35.2 Å². The second kappa shape index (κ2) is 7.65. The van der Waals surface area contributed by atoms with E-state index < -0.39 is 15.9 Å². The van der Waals surface area contributed by atoms with Gasteiger partial charge in [-0.2, -0.15) is 0 Å². The Kier molecular flexibility index (Phi) is 5.76. The van der Waals surface area contributed by atoms with E-state index in [1.165, 1.54) is 51.7 Å². The zero-order valence-electron chi connectivity index (χ0n) is 15.2. The molecule has 0 radical (unpaired) electrons. The van der Waals surface area contributed by atoms with Crippen molar-refractivity contribution in [3.8, 4) is 17.2 Å². The summed E-state index contributed by atoms with van der Waals surface area (Å²) in [5, 5.41) is 0. The quantitative estimate of drug-likeness (QED) is 0.829. The van der Waals surface area contributed by atoms with Crippen LogP contribution in [0.25, 0.3) is 0 Å². The third-order valence-corrected chi connectivity index (χ3v) is 5.25. The molecule has 0 saturated carbocycles. The van der Waals surface area contributed by atoms with E-state index in [0.717, 1.165) is 0 Å². The molecule has 0 aliphatic heterocycles. The van der Waals surface area contributed by atoms with Crippen molar-refractivity contribution in [1.82, 2.24) is 4.72 Å². The van der Waals surface area contributed by atoms with Gasteiger partial charge in [0.25, 0.3) is 15.9 Å². The van der Waals surface area contributed by atoms with Crippen molar-refractivity contribution in [1.29, 1.82) is 0 Å². The molecule has 2 aromatic carbocycles. The van der Waals surface area contributed by atoms with E-state index in [-0.39, 0.29) is 10.5 Å². The minimum absolute atomic E-state index is 0.0322. The lowest BCUT2D eigenvalue weighted by Gasteiger charge is -2.13. The summed E-state index contributed by atoms with van der Waals surface area (Å²) in [6, 6.07) is 7.26. The summed E-state index contributed by atoms with van der Waals surface area (Å²) >= 11 is 0. The van der Waals surface area contributed by atoms with Gasteiger partial charge in [-0.1, -0.05) is 0 Å². The van der Waals surface area contributed by atoms with Crippen molar-refractivity contribution in [2.24, 2.45) is 0 Å². The summed E-state index contributed by atoms with van der Waals surface area (Å²) in [5.74, 6) is 0.623. The highest BCUT2D eigenvalue weighted by molar-refractivity contribution is 7.90. The normalized spacial score (nSPS) is 11.0. The van der Waals surface area contributed by atoms with Crippen molar-refractivity contribution in [3.05, 3.63) is 47.0 Å². The van der Waals surface area contributed by atoms with Crippen molar-refractivity contribution >= 4 is 15.9 Å². The summed E-state index contributed by atoms with van der Waals surface area (Å²) in [6.45, 7) is 3.49. The molecule has 1 amide bonds. The number of sulfonamides is 1. The Morgan fingerprint density at radius 1 is 0.885 bits per heavy atom. The molecular weight excluding hydrogens is 358 g/mol. The summed E-state index contributed by atoms with van der Waals surface area (Å²) in [7, 11) is 0.373. The van der Waals surface area contributed by atoms with Crippen molar-refractivity contribution in [2.75, 3.05) is 21.3 Å². The number of ether oxygens (including phenoxy) is 3. The molecule has 7 nitrogen and oxygen atoms in total. The minimum Gasteiger partial charge on any atom is -0.496 e. The molecule has 0 atom stereocenters. The van der Waals surface area contributed by atoms with Gasteiger partial charge in [0.2, 0.25) is 0 Å². The Balaban J connectivity index is 2.35. The second-order valence-electron chi connectivity index (χ2n) is 5.57. The summed E-state index contributed by atoms with van der Waals surface area (Å²) in [5.41, 5.74) is 1.46. The van der Waals surface area contributed by atoms with E-state index in [2.05, 4.69) is 4.72 Å². The number of aryl methyl sites for hydroxylation is 1. The Morgan fingerprint density at radius 2 is 1.42 bits per heavy atom. The standard InChI is InChI=1S/C18H21NO6S/c1-11-8-14(6-7-15(11)23-3)26(21,22)19-18(20)13-9-16(24-4)12(2)17(10-13)25-5/h6-10H,1-5H3,(H,19,20). The lowest BCUT2D eigenvalue weighted by Crippen LogP contribution is -2.30. The van der Waals surface area contributed by atoms with E-state index >= 15 is 0 Å². The average molecular weight is 379 g/mol. The van der Waals surface area contributed by atoms with Gasteiger partial charge in [0.15, 0.2) is 0 Å². The molecule has 0 heterocycles. The minimum atomic E-state index is -4.04. The van der Waals surface area contributed by atoms with Gasteiger partial charge in [0, 0.05) is 11.1 Å². The first-order chi connectivity index (χ1) is 12.2. The number of hydrogen-bond donors (Lipinski definition) is 1. The topological polar surface area (TPSA) is 90.9 Å². The Labute approximate surface area is 152 Å². The molecule has 2 aromatic rings. The van der Waals surface area contributed by atoms with E-state index in [1.807, 2.05) is 0 Å². The van der Waals surface area contributed by atoms with Crippen molar-refractivity contribution in [2.45, 2.75) is 18.7 Å². The largest absolute Gasteiger partial charge is 0.496 e. The molecule has 140 valence electrons. The van der Waals surface area contributed by atoms with Gasteiger partial charge in [-0.15, -0.1) is 0 Å². The van der Waals surface area contributed by atoms with Crippen LogP contribution in [0.1, 0.15) is 21.5 Å². The van der Waals surface area contributed by atoms with Gasteiger partial charge in [-0.05, 0) is 49.7 Å². The van der Waals surface area contributed by atoms with Crippen LogP contribution in [0, 0.1) is 13.8 Å². The molecule has 1 N–H and O–H groups in total. The van der Waals surface area contributed by atoms with E-state index in [1.54, 1.807) is 13.8 Å². The molecule has 0 fully saturated rings. The highest BCUT2D eigenvalue weighted by atomic mass is 32.2. The Morgan fingerprint density at radius 3 is 1.88 bits per heavy atom. The van der Waals surface area contributed by atoms with Crippen LogP contribution in [0.2, 0.25) is 0 Å². The molecule has 0 saturated heterocycles. The van der Waals surface area contributed by atoms with Crippen LogP contribution < -0.4 is 18.9 Å². The third kappa shape index (κ3) is 3.91. The number of nitrogens with one attached hydrogen (secondary N) is 1. The van der Waals surface area contributed by atoms with Gasteiger partial charge < -0.3 is 14.2 Å². The van der Waals surface area contributed by atoms with Gasteiger partial charge in [0.05, 0.1) is 26.2 Å². The zero-order chi connectivity index (χ0) is 19.5. The molecule has 0 bridgehead atoms. The highest BCUT2D eigenvalue weighted by Gasteiger charge is 2.21. The maximum absolute atomic E-state index is 12.5. The predicted molar refractivity (Wildman–Crippen MR) is 96.7 cm³/mol. The molecule has 2 rings (SSSR count). The predicted octanol–water partition coefficient (Wildman–Crippen LogP) is 2.45. The molecule has 0 aromatic heterocycles. The van der Waals surface area contributed by atoms with Gasteiger partial charge >= 0.3 is 0 Å². The first-order valence-electron chi connectivity index (χ1n) is 7.68. The van der Waals surface area contributed by atoms with E-state index in [4.69, 9.17) is 14.2 Å². The zero-order valence-corrected chi connectivity index (χ0v) is 16.1. The number of rotatable bonds is 6. The van der Waals surface area contributed by atoms with E-state index in [0.29, 0.717) is 28.4 Å². The molecule has 0 aliphatic rings. The fraction of sp³-hybridized carbons (Fsp3) is 0.278. The molecular formula is C18H21NO6S. The van der Waals surface area contributed by atoms with Gasteiger partial charge in [-0.25, -0.2) is 13.1 Å². The SMILES string of the molecule is COc1ccc(S(=O)(=O)NC(=O)c2cc(OC)c(C)c(OC)c2)cc1C. The van der Waals surface area contributed by atoms with E-state index in [9.17, 15) is 13.2 Å². The molecule has 0 unspecified atom stereocenters. The number of benzene rings is 2. The molecule has 26 heavy (non-hydrogen) atoms. The number of methoxy groups -OCH3 is 3. The third-order valence-electron chi connectivity index (χ3n) is 3.92. The molecule has 0 aliphatic carbocycles. The second-order valence-corrected chi connectivity index (χ2v) is 7.25. The maximum atomic E-state index is 12.5. The van der Waals surface area contributed by atoms with Crippen molar-refractivity contribution < 1.29 is 27.4 Å². The number of carbonyl (C=O) groups excluding carboxylic acids is 1. The lowest BCUT2D eigenvalue weighted by molar-refractivity contribution is 0.0980. The highest BCUT2D eigenvalue weighted by Crippen LogP contribution is 2.29. The van der Waals surface area contributed by atoms with Crippen LogP contribution >= 0.6 is 0 Å². The number of hydrogen-bond acceptors (Lipinski definition) is 6. The Hall–Kier alpha value is -2.74. The van der Waals surface area contributed by atoms with Crippen molar-refractivity contribution in [3.63, 3.8) is 0 Å². The van der Waals surface area contributed by atoms with Gasteiger partial charge in [-0.3, -0.25) is 4.79 Å². The number of amides is 1. The van der Waals surface area contributed by atoms with Crippen LogP contribution in [0.4, 0.5) is 0 Å². The monoisotopic (exact) mass is 379 g/mol. The van der Waals surface area contributed by atoms with Crippen LogP contribution in [-0.4, -0.2) is 35.7 Å². The molecule has 0 spiro atoms. The first kappa shape index (κ1) is 19.6. The smallest absolute Gasteiger partial charge is 0.265 e. The summed E-state index contributed by atoms with van der Waals surface area (Å²) in [6.07, 6.45) is 0. The molecule has 8 heteroatoms. The summed E-state index contributed by atoms with van der Waals surface area (Å²) < 4.78 is 42.6. The van der Waals surface area contributed by atoms with Crippen LogP contribution in [-0.2, 0) is 10.0 Å². The average Bonchev–Trinajstić information content (AvgIpc) is 2.61. The lowest BCUT2D eigenvalue weighted by atomic mass is 10.1. The van der Waals surface area contributed by atoms with Crippen LogP contribution in [0.5, 0.6) is 17.2 Å². The van der Waals surface area contributed by atoms with Crippen LogP contribution in [0.3, 0.4) is 0 Å². The Bertz CT molecular complexity index is 912.